The number of benzene rings is 1. The minimum Gasteiger partial charge on any atom is -0.469 e. The third-order valence-corrected chi connectivity index (χ3v) is 2.50. The highest BCUT2D eigenvalue weighted by Crippen LogP contribution is 2.13. The van der Waals surface area contributed by atoms with Crippen molar-refractivity contribution in [1.29, 1.82) is 0 Å². The van der Waals surface area contributed by atoms with Gasteiger partial charge in [0.2, 0.25) is 0 Å². The molecule has 2 rings (SSSR count). The van der Waals surface area contributed by atoms with Gasteiger partial charge in [-0.05, 0) is 29.8 Å². The lowest BCUT2D eigenvalue weighted by atomic mass is 10.2. The predicted molar refractivity (Wildman–Crippen MR) is 60.4 cm³/mol. The van der Waals surface area contributed by atoms with Gasteiger partial charge in [-0.2, -0.15) is 0 Å². The molecule has 0 atom stereocenters. The summed E-state index contributed by atoms with van der Waals surface area (Å²) in [5.41, 5.74) is 0.367. The van der Waals surface area contributed by atoms with Crippen LogP contribution in [0.15, 0.2) is 34.9 Å². The van der Waals surface area contributed by atoms with E-state index in [9.17, 15) is 13.2 Å². The van der Waals surface area contributed by atoms with E-state index in [2.05, 4.69) is 5.32 Å². The van der Waals surface area contributed by atoms with E-state index in [1.54, 1.807) is 12.3 Å². The lowest BCUT2D eigenvalue weighted by molar-refractivity contribution is 0.444. The maximum atomic E-state index is 12.9. The fourth-order valence-corrected chi connectivity index (χ4v) is 1.61. The monoisotopic (exact) mass is 255 g/mol. The Hall–Kier alpha value is -1.75. The standard InChI is InChI=1S/C13H12F3NO/c14-11-6-9(7-12(15)13(11)16)8-17-4-3-10-2-1-5-18-10/h1-2,5-7,17H,3-4,8H2. The summed E-state index contributed by atoms with van der Waals surface area (Å²) < 4.78 is 43.7. The van der Waals surface area contributed by atoms with Gasteiger partial charge in [0.05, 0.1) is 6.26 Å². The lowest BCUT2D eigenvalue weighted by Crippen LogP contribution is -2.17. The average Bonchev–Trinajstić information content (AvgIpc) is 2.84. The Bertz CT molecular complexity index is 488. The first-order valence-electron chi connectivity index (χ1n) is 5.53. The van der Waals surface area contributed by atoms with Crippen LogP contribution < -0.4 is 5.32 Å². The van der Waals surface area contributed by atoms with Crippen molar-refractivity contribution >= 4 is 0 Å². The molecule has 0 radical (unpaired) electrons. The van der Waals surface area contributed by atoms with Crippen LogP contribution in [0.2, 0.25) is 0 Å². The zero-order valence-electron chi connectivity index (χ0n) is 9.55. The molecule has 2 nitrogen and oxygen atoms in total. The topological polar surface area (TPSA) is 25.2 Å². The van der Waals surface area contributed by atoms with Gasteiger partial charge in [-0.1, -0.05) is 0 Å². The molecule has 0 aliphatic heterocycles. The normalized spacial score (nSPS) is 10.8. The Morgan fingerprint density at radius 1 is 1.11 bits per heavy atom. The molecule has 0 fully saturated rings. The Kier molecular flexibility index (Phi) is 4.04. The van der Waals surface area contributed by atoms with Gasteiger partial charge in [0.1, 0.15) is 5.76 Å². The van der Waals surface area contributed by atoms with E-state index >= 15 is 0 Å². The van der Waals surface area contributed by atoms with Gasteiger partial charge >= 0.3 is 0 Å². The van der Waals surface area contributed by atoms with Gasteiger partial charge in [-0.25, -0.2) is 13.2 Å². The van der Waals surface area contributed by atoms with Crippen molar-refractivity contribution in [2.75, 3.05) is 6.54 Å². The van der Waals surface area contributed by atoms with Gasteiger partial charge < -0.3 is 9.73 Å². The van der Waals surface area contributed by atoms with Crippen molar-refractivity contribution in [3.05, 3.63) is 59.3 Å². The number of halogens is 3. The van der Waals surface area contributed by atoms with Gasteiger partial charge in [0.25, 0.3) is 0 Å². The molecule has 0 saturated heterocycles. The van der Waals surface area contributed by atoms with Gasteiger partial charge in [0, 0.05) is 19.5 Å². The molecule has 5 heteroatoms. The predicted octanol–water partition coefficient (Wildman–Crippen LogP) is 3.03. The maximum Gasteiger partial charge on any atom is 0.194 e. The number of hydrogen-bond donors (Lipinski definition) is 1. The van der Waals surface area contributed by atoms with Crippen molar-refractivity contribution in [3.8, 4) is 0 Å². The van der Waals surface area contributed by atoms with Crippen LogP contribution in [-0.4, -0.2) is 6.54 Å². The van der Waals surface area contributed by atoms with Crippen molar-refractivity contribution in [3.63, 3.8) is 0 Å². The van der Waals surface area contributed by atoms with Crippen LogP contribution in [0.4, 0.5) is 13.2 Å². The van der Waals surface area contributed by atoms with Crippen molar-refractivity contribution in [1.82, 2.24) is 5.32 Å². The van der Waals surface area contributed by atoms with E-state index in [0.717, 1.165) is 17.9 Å². The second-order valence-electron chi connectivity index (χ2n) is 3.88. The van der Waals surface area contributed by atoms with Crippen LogP contribution in [0, 0.1) is 17.5 Å². The lowest BCUT2D eigenvalue weighted by Gasteiger charge is -2.05. The minimum absolute atomic E-state index is 0.273. The number of rotatable bonds is 5. The molecule has 1 aromatic heterocycles. The van der Waals surface area contributed by atoms with E-state index in [1.807, 2.05) is 6.07 Å². The maximum absolute atomic E-state index is 12.9. The summed E-state index contributed by atoms with van der Waals surface area (Å²) in [6.07, 6.45) is 2.26. The molecule has 1 N–H and O–H groups in total. The Morgan fingerprint density at radius 2 is 1.83 bits per heavy atom. The average molecular weight is 255 g/mol. The summed E-state index contributed by atoms with van der Waals surface area (Å²) in [6, 6.07) is 5.61. The summed E-state index contributed by atoms with van der Waals surface area (Å²) in [5.74, 6) is -2.94. The molecule has 1 aromatic carbocycles. The van der Waals surface area contributed by atoms with Gasteiger partial charge in [-0.15, -0.1) is 0 Å². The smallest absolute Gasteiger partial charge is 0.194 e. The molecule has 0 unspecified atom stereocenters. The van der Waals surface area contributed by atoms with Crippen LogP contribution in [0.5, 0.6) is 0 Å². The van der Waals surface area contributed by atoms with Crippen LogP contribution in [0.3, 0.4) is 0 Å². The molecule has 0 amide bonds. The number of nitrogens with one attached hydrogen (secondary N) is 1. The van der Waals surface area contributed by atoms with E-state index in [1.165, 1.54) is 0 Å². The molecule has 0 aliphatic carbocycles. The Morgan fingerprint density at radius 3 is 2.44 bits per heavy atom. The van der Waals surface area contributed by atoms with Crippen molar-refractivity contribution in [2.45, 2.75) is 13.0 Å². The Labute approximate surface area is 102 Å². The highest BCUT2D eigenvalue weighted by Gasteiger charge is 2.09. The first-order valence-corrected chi connectivity index (χ1v) is 5.53. The molecular formula is C13H12F3NO. The Balaban J connectivity index is 1.83. The van der Waals surface area contributed by atoms with Crippen molar-refractivity contribution < 1.29 is 17.6 Å². The summed E-state index contributed by atoms with van der Waals surface area (Å²) >= 11 is 0. The summed E-state index contributed by atoms with van der Waals surface area (Å²) in [4.78, 5) is 0. The van der Waals surface area contributed by atoms with Gasteiger partial charge in [-0.3, -0.25) is 0 Å². The molecular weight excluding hydrogens is 243 g/mol. The van der Waals surface area contributed by atoms with Crippen LogP contribution in [-0.2, 0) is 13.0 Å². The molecule has 18 heavy (non-hydrogen) atoms. The summed E-state index contributed by atoms with van der Waals surface area (Å²) in [6.45, 7) is 0.878. The fraction of sp³-hybridized carbons (Fsp3) is 0.231. The highest BCUT2D eigenvalue weighted by molar-refractivity contribution is 5.19. The van der Waals surface area contributed by atoms with Crippen LogP contribution in [0.1, 0.15) is 11.3 Å². The molecule has 0 spiro atoms. The second kappa shape index (κ2) is 5.73. The third kappa shape index (κ3) is 3.13. The SMILES string of the molecule is Fc1cc(CNCCc2ccco2)cc(F)c1F. The minimum atomic E-state index is -1.44. The van der Waals surface area contributed by atoms with E-state index < -0.39 is 17.5 Å². The number of hydrogen-bond acceptors (Lipinski definition) is 2. The fourth-order valence-electron chi connectivity index (χ4n) is 1.61. The molecule has 0 bridgehead atoms. The molecule has 0 aliphatic rings. The van der Waals surface area contributed by atoms with E-state index in [4.69, 9.17) is 4.42 Å². The van der Waals surface area contributed by atoms with Crippen molar-refractivity contribution in [2.24, 2.45) is 0 Å². The summed E-state index contributed by atoms with van der Waals surface area (Å²) in [5, 5.41) is 3.00. The molecule has 0 saturated carbocycles. The largest absolute Gasteiger partial charge is 0.469 e. The van der Waals surface area contributed by atoms with E-state index in [-0.39, 0.29) is 6.54 Å². The zero-order chi connectivity index (χ0) is 13.0. The highest BCUT2D eigenvalue weighted by atomic mass is 19.2. The molecule has 1 heterocycles. The van der Waals surface area contributed by atoms with E-state index in [0.29, 0.717) is 18.5 Å². The van der Waals surface area contributed by atoms with Crippen LogP contribution in [0.25, 0.3) is 0 Å². The molecule has 2 aromatic rings. The molecule has 96 valence electrons. The van der Waals surface area contributed by atoms with Gasteiger partial charge in [0.15, 0.2) is 17.5 Å². The second-order valence-corrected chi connectivity index (χ2v) is 3.88. The quantitative estimate of drug-likeness (QED) is 0.656. The first kappa shape index (κ1) is 12.7. The zero-order valence-corrected chi connectivity index (χ0v) is 9.55. The summed E-state index contributed by atoms with van der Waals surface area (Å²) in [7, 11) is 0. The third-order valence-electron chi connectivity index (χ3n) is 2.50. The van der Waals surface area contributed by atoms with Crippen LogP contribution >= 0.6 is 0 Å². The number of furan rings is 1. The first-order chi connectivity index (χ1) is 8.66.